The number of primary amides is 1. The van der Waals surface area contributed by atoms with E-state index < -0.39 is 5.91 Å². The van der Waals surface area contributed by atoms with Crippen molar-refractivity contribution in [3.8, 4) is 0 Å². The highest BCUT2D eigenvalue weighted by atomic mass is 16.1. The molecule has 1 saturated heterocycles. The number of carbonyl (C=O) groups excluding carboxylic acids is 1. The summed E-state index contributed by atoms with van der Waals surface area (Å²) in [6.45, 7) is 3.20. The quantitative estimate of drug-likeness (QED) is 0.804. The Balaban J connectivity index is 2.37. The molecule has 1 unspecified atom stereocenters. The summed E-state index contributed by atoms with van der Waals surface area (Å²) < 4.78 is 0. The minimum atomic E-state index is -0.459. The first-order valence-electron chi connectivity index (χ1n) is 6.60. The van der Waals surface area contributed by atoms with Gasteiger partial charge in [-0.05, 0) is 37.8 Å². The molecule has 1 aliphatic rings. The Bertz CT molecular complexity index is 445. The van der Waals surface area contributed by atoms with E-state index in [2.05, 4.69) is 11.8 Å². The van der Waals surface area contributed by atoms with Crippen LogP contribution in [-0.2, 0) is 0 Å². The molecule has 1 amide bonds. The lowest BCUT2D eigenvalue weighted by atomic mass is 9.98. The largest absolute Gasteiger partial charge is 0.396 e. The zero-order valence-electron chi connectivity index (χ0n) is 10.9. The number of nitrogens with zero attached hydrogens (tertiary/aromatic N) is 1. The van der Waals surface area contributed by atoms with Gasteiger partial charge in [-0.25, -0.2) is 0 Å². The van der Waals surface area contributed by atoms with Gasteiger partial charge in [0.25, 0.3) is 5.91 Å². The predicted molar refractivity (Wildman–Crippen MR) is 74.6 cm³/mol. The van der Waals surface area contributed by atoms with Gasteiger partial charge in [0.1, 0.15) is 0 Å². The highest BCUT2D eigenvalue weighted by Gasteiger charge is 2.23. The number of piperidine rings is 1. The summed E-state index contributed by atoms with van der Waals surface area (Å²) in [6.07, 6.45) is 4.73. The molecule has 4 N–H and O–H groups in total. The van der Waals surface area contributed by atoms with Crippen LogP contribution >= 0.6 is 0 Å². The molecule has 0 spiro atoms. The second-order valence-corrected chi connectivity index (χ2v) is 4.85. The highest BCUT2D eigenvalue weighted by molar-refractivity contribution is 6.00. The van der Waals surface area contributed by atoms with Crippen molar-refractivity contribution in [1.82, 2.24) is 0 Å². The summed E-state index contributed by atoms with van der Waals surface area (Å²) in [6, 6.07) is 6.04. The number of hydrogen-bond donors (Lipinski definition) is 2. The van der Waals surface area contributed by atoms with Crippen LogP contribution < -0.4 is 16.4 Å². The molecule has 0 saturated carbocycles. The molecule has 2 rings (SSSR count). The molecular formula is C14H21N3O. The van der Waals surface area contributed by atoms with E-state index in [4.69, 9.17) is 11.5 Å². The molecule has 1 aromatic carbocycles. The van der Waals surface area contributed by atoms with Crippen LogP contribution in [0.3, 0.4) is 0 Å². The van der Waals surface area contributed by atoms with E-state index in [-0.39, 0.29) is 0 Å². The fraction of sp³-hybridized carbons (Fsp3) is 0.500. The molecule has 1 atom stereocenters. The summed E-state index contributed by atoms with van der Waals surface area (Å²) in [5.41, 5.74) is 13.3. The first-order valence-corrected chi connectivity index (χ1v) is 6.60. The first kappa shape index (κ1) is 12.7. The molecule has 0 bridgehead atoms. The molecule has 0 aromatic heterocycles. The number of nitrogens with two attached hydrogens (primary N) is 2. The number of nitrogen functional groups attached to an aromatic ring is 1. The third-order valence-electron chi connectivity index (χ3n) is 3.76. The zero-order valence-corrected chi connectivity index (χ0v) is 10.9. The number of benzene rings is 1. The number of hydrogen-bond acceptors (Lipinski definition) is 3. The van der Waals surface area contributed by atoms with Gasteiger partial charge in [0.2, 0.25) is 0 Å². The van der Waals surface area contributed by atoms with Crippen molar-refractivity contribution in [3.63, 3.8) is 0 Å². The van der Waals surface area contributed by atoms with Crippen molar-refractivity contribution in [2.75, 3.05) is 17.2 Å². The highest BCUT2D eigenvalue weighted by Crippen LogP contribution is 2.32. The Kier molecular flexibility index (Phi) is 3.75. The van der Waals surface area contributed by atoms with Gasteiger partial charge in [0.15, 0.2) is 0 Å². The number of anilines is 2. The molecule has 1 aromatic rings. The molecule has 1 aliphatic heterocycles. The second-order valence-electron chi connectivity index (χ2n) is 4.85. The average molecular weight is 247 g/mol. The minimum absolute atomic E-state index is 0.424. The standard InChI is InChI=1S/C14H21N3O/c1-2-10-6-3-4-9-17(10)12-8-5-7-11(13(12)15)14(16)18/h5,7-8,10H,2-4,6,9,15H2,1H3,(H2,16,18). The molecule has 4 nitrogen and oxygen atoms in total. The van der Waals surface area contributed by atoms with E-state index in [0.717, 1.165) is 18.7 Å². The van der Waals surface area contributed by atoms with Crippen LogP contribution in [0.1, 0.15) is 43.0 Å². The first-order chi connectivity index (χ1) is 8.65. The Hall–Kier alpha value is -1.71. The molecule has 0 radical (unpaired) electrons. The second kappa shape index (κ2) is 5.29. The number of para-hydroxylation sites is 1. The minimum Gasteiger partial charge on any atom is -0.396 e. The maximum absolute atomic E-state index is 11.3. The van der Waals surface area contributed by atoms with E-state index in [1.165, 1.54) is 19.3 Å². The SMILES string of the molecule is CCC1CCCCN1c1cccc(C(N)=O)c1N. The van der Waals surface area contributed by atoms with Crippen molar-refractivity contribution in [2.24, 2.45) is 5.73 Å². The van der Waals surface area contributed by atoms with Gasteiger partial charge in [-0.15, -0.1) is 0 Å². The van der Waals surface area contributed by atoms with Crippen LogP contribution in [0.25, 0.3) is 0 Å². The maximum atomic E-state index is 11.3. The van der Waals surface area contributed by atoms with E-state index in [1.54, 1.807) is 6.07 Å². The Morgan fingerprint density at radius 1 is 1.44 bits per heavy atom. The van der Waals surface area contributed by atoms with Gasteiger partial charge < -0.3 is 16.4 Å². The van der Waals surface area contributed by atoms with Gasteiger partial charge in [0.05, 0.1) is 16.9 Å². The van der Waals surface area contributed by atoms with Gasteiger partial charge in [-0.3, -0.25) is 4.79 Å². The van der Waals surface area contributed by atoms with Gasteiger partial charge >= 0.3 is 0 Å². The maximum Gasteiger partial charge on any atom is 0.250 e. The smallest absolute Gasteiger partial charge is 0.250 e. The normalized spacial score (nSPS) is 19.8. The Morgan fingerprint density at radius 3 is 2.89 bits per heavy atom. The van der Waals surface area contributed by atoms with Crippen LogP contribution in [0.4, 0.5) is 11.4 Å². The molecule has 1 fully saturated rings. The Morgan fingerprint density at radius 2 is 2.22 bits per heavy atom. The average Bonchev–Trinajstić information content (AvgIpc) is 2.38. The summed E-state index contributed by atoms with van der Waals surface area (Å²) in [7, 11) is 0. The van der Waals surface area contributed by atoms with Gasteiger partial charge in [0, 0.05) is 12.6 Å². The predicted octanol–water partition coefficient (Wildman–Crippen LogP) is 2.14. The van der Waals surface area contributed by atoms with Crippen LogP contribution in [0.2, 0.25) is 0 Å². The fourth-order valence-corrected chi connectivity index (χ4v) is 2.76. The molecule has 18 heavy (non-hydrogen) atoms. The molecule has 0 aliphatic carbocycles. The lowest BCUT2D eigenvalue weighted by Crippen LogP contribution is -2.39. The fourth-order valence-electron chi connectivity index (χ4n) is 2.76. The van der Waals surface area contributed by atoms with Crippen LogP contribution in [-0.4, -0.2) is 18.5 Å². The lowest BCUT2D eigenvalue weighted by Gasteiger charge is -2.38. The lowest BCUT2D eigenvalue weighted by molar-refractivity contribution is 0.100. The van der Waals surface area contributed by atoms with E-state index >= 15 is 0 Å². The molecule has 98 valence electrons. The van der Waals surface area contributed by atoms with E-state index in [1.807, 2.05) is 12.1 Å². The van der Waals surface area contributed by atoms with Crippen LogP contribution in [0, 0.1) is 0 Å². The van der Waals surface area contributed by atoms with Crippen molar-refractivity contribution in [3.05, 3.63) is 23.8 Å². The molecule has 4 heteroatoms. The number of carbonyl (C=O) groups is 1. The number of amides is 1. The topological polar surface area (TPSA) is 72.3 Å². The number of rotatable bonds is 3. The molecule has 1 heterocycles. The summed E-state index contributed by atoms with van der Waals surface area (Å²) in [5.74, 6) is -0.459. The monoisotopic (exact) mass is 247 g/mol. The van der Waals surface area contributed by atoms with E-state index in [0.29, 0.717) is 17.3 Å². The summed E-state index contributed by atoms with van der Waals surface area (Å²) in [4.78, 5) is 13.7. The third-order valence-corrected chi connectivity index (χ3v) is 3.76. The molecular weight excluding hydrogens is 226 g/mol. The van der Waals surface area contributed by atoms with Crippen molar-refractivity contribution in [1.29, 1.82) is 0 Å². The van der Waals surface area contributed by atoms with Crippen molar-refractivity contribution < 1.29 is 4.79 Å². The zero-order chi connectivity index (χ0) is 13.1. The summed E-state index contributed by atoms with van der Waals surface area (Å²) >= 11 is 0. The van der Waals surface area contributed by atoms with Crippen molar-refractivity contribution >= 4 is 17.3 Å². The summed E-state index contributed by atoms with van der Waals surface area (Å²) in [5, 5.41) is 0. The van der Waals surface area contributed by atoms with Crippen LogP contribution in [0.5, 0.6) is 0 Å². The third kappa shape index (κ3) is 2.28. The van der Waals surface area contributed by atoms with Crippen molar-refractivity contribution in [2.45, 2.75) is 38.6 Å². The van der Waals surface area contributed by atoms with E-state index in [9.17, 15) is 4.79 Å². The van der Waals surface area contributed by atoms with Gasteiger partial charge in [-0.2, -0.15) is 0 Å². The van der Waals surface area contributed by atoms with Crippen LogP contribution in [0.15, 0.2) is 18.2 Å². The Labute approximate surface area is 108 Å². The van der Waals surface area contributed by atoms with Gasteiger partial charge in [-0.1, -0.05) is 13.0 Å².